The summed E-state index contributed by atoms with van der Waals surface area (Å²) in [4.78, 5) is 9.27. The second-order valence-electron chi connectivity index (χ2n) is 9.13. The fourth-order valence-electron chi connectivity index (χ4n) is 4.35. The molecular weight excluding hydrogens is 506 g/mol. The zero-order valence-electron chi connectivity index (χ0n) is 20.7. The van der Waals surface area contributed by atoms with Crippen molar-refractivity contribution < 1.29 is 27.4 Å². The summed E-state index contributed by atoms with van der Waals surface area (Å²) < 4.78 is 40.8. The van der Waals surface area contributed by atoms with Crippen LogP contribution in [0.25, 0.3) is 22.6 Å². The Kier molecular flexibility index (Phi) is 7.68. The topological polar surface area (TPSA) is 138 Å². The summed E-state index contributed by atoms with van der Waals surface area (Å²) in [6, 6.07) is 21.2. The molecule has 1 saturated heterocycles. The van der Waals surface area contributed by atoms with E-state index in [1.807, 2.05) is 42.5 Å². The lowest BCUT2D eigenvalue weighted by atomic mass is 10.0. The van der Waals surface area contributed by atoms with Crippen molar-refractivity contribution in [2.45, 2.75) is 43.0 Å². The smallest absolute Gasteiger partial charge is 0.238 e. The molecule has 0 radical (unpaired) electrons. The summed E-state index contributed by atoms with van der Waals surface area (Å²) in [5.41, 5.74) is 3.39. The fraction of sp³-hybridized carbons (Fsp3) is 0.286. The molecule has 1 atom stereocenters. The van der Waals surface area contributed by atoms with E-state index in [0.29, 0.717) is 60.4 Å². The summed E-state index contributed by atoms with van der Waals surface area (Å²) in [5, 5.41) is 16.0. The Morgan fingerprint density at radius 2 is 1.74 bits per heavy atom. The van der Waals surface area contributed by atoms with Crippen molar-refractivity contribution in [3.8, 4) is 22.6 Å². The highest BCUT2D eigenvalue weighted by Crippen LogP contribution is 2.34. The molecule has 10 heteroatoms. The zero-order valence-corrected chi connectivity index (χ0v) is 21.6. The van der Waals surface area contributed by atoms with Gasteiger partial charge in [-0.05, 0) is 49.2 Å². The normalized spacial score (nSPS) is 17.9. The standard InChI is InChI=1S/C28H29N3O6S/c29-38(33,34)23-13-11-21(12-14-23)27-26(20-7-2-1-3-8-20)31-25(37-27)15-18-35-19-22-9-6-10-24(30-22)28(32)16-4-5-17-36-28/h1-3,6-14,32H,4-5,15-19H2,(H2,29,33,34). The lowest BCUT2D eigenvalue weighted by molar-refractivity contribution is -0.236. The van der Waals surface area contributed by atoms with E-state index in [1.54, 1.807) is 18.2 Å². The van der Waals surface area contributed by atoms with E-state index in [4.69, 9.17) is 24.0 Å². The van der Waals surface area contributed by atoms with Gasteiger partial charge in [0.05, 0.1) is 36.1 Å². The number of ether oxygens (including phenoxy) is 2. The maximum Gasteiger partial charge on any atom is 0.238 e. The number of hydrogen-bond donors (Lipinski definition) is 2. The molecule has 5 rings (SSSR count). The molecule has 38 heavy (non-hydrogen) atoms. The predicted molar refractivity (Wildman–Crippen MR) is 140 cm³/mol. The van der Waals surface area contributed by atoms with Crippen molar-refractivity contribution in [1.29, 1.82) is 0 Å². The van der Waals surface area contributed by atoms with Crippen LogP contribution in [-0.2, 0) is 38.3 Å². The van der Waals surface area contributed by atoms with E-state index in [-0.39, 0.29) is 11.5 Å². The van der Waals surface area contributed by atoms with Crippen molar-refractivity contribution in [1.82, 2.24) is 9.97 Å². The molecule has 2 aromatic heterocycles. The van der Waals surface area contributed by atoms with Crippen molar-refractivity contribution in [3.63, 3.8) is 0 Å². The molecule has 1 aliphatic rings. The van der Waals surface area contributed by atoms with Crippen molar-refractivity contribution in [2.24, 2.45) is 5.14 Å². The zero-order chi connectivity index (χ0) is 26.6. The molecular formula is C28H29N3O6S. The van der Waals surface area contributed by atoms with Crippen LogP contribution in [0, 0.1) is 0 Å². The van der Waals surface area contributed by atoms with E-state index in [2.05, 4.69) is 4.98 Å². The van der Waals surface area contributed by atoms with Crippen molar-refractivity contribution in [2.75, 3.05) is 13.2 Å². The SMILES string of the molecule is NS(=O)(=O)c1ccc(-c2oc(CCOCc3cccc(C4(O)CCCCO4)n3)nc2-c2ccccc2)cc1. The van der Waals surface area contributed by atoms with Crippen LogP contribution in [0.5, 0.6) is 0 Å². The molecule has 1 aliphatic heterocycles. The average molecular weight is 536 g/mol. The number of primary sulfonamides is 1. The Hall–Kier alpha value is -3.41. The molecule has 1 unspecified atom stereocenters. The van der Waals surface area contributed by atoms with Gasteiger partial charge in [0, 0.05) is 24.0 Å². The predicted octanol–water partition coefficient (Wildman–Crippen LogP) is 4.16. The summed E-state index contributed by atoms with van der Waals surface area (Å²) in [7, 11) is -3.80. The molecule has 3 N–H and O–H groups in total. The minimum Gasteiger partial charge on any atom is -0.440 e. The van der Waals surface area contributed by atoms with Gasteiger partial charge in [0.15, 0.2) is 11.7 Å². The van der Waals surface area contributed by atoms with Crippen molar-refractivity contribution >= 4 is 10.0 Å². The summed E-state index contributed by atoms with van der Waals surface area (Å²) >= 11 is 0. The first-order valence-electron chi connectivity index (χ1n) is 12.4. The molecule has 1 fully saturated rings. The van der Waals surface area contributed by atoms with Crippen LogP contribution >= 0.6 is 0 Å². The van der Waals surface area contributed by atoms with Crippen LogP contribution in [-0.4, -0.2) is 36.7 Å². The highest BCUT2D eigenvalue weighted by molar-refractivity contribution is 7.89. The Bertz CT molecular complexity index is 1480. The molecule has 0 saturated carbocycles. The van der Waals surface area contributed by atoms with Gasteiger partial charge in [-0.15, -0.1) is 0 Å². The lowest BCUT2D eigenvalue weighted by Gasteiger charge is -2.31. The number of nitrogens with two attached hydrogens (primary N) is 1. The third kappa shape index (κ3) is 6.01. The number of sulfonamides is 1. The molecule has 3 heterocycles. The number of oxazole rings is 1. The molecule has 4 aromatic rings. The van der Waals surface area contributed by atoms with E-state index < -0.39 is 15.8 Å². The van der Waals surface area contributed by atoms with Gasteiger partial charge >= 0.3 is 0 Å². The quantitative estimate of drug-likeness (QED) is 0.305. The Balaban J connectivity index is 1.28. The van der Waals surface area contributed by atoms with Gasteiger partial charge < -0.3 is 19.0 Å². The number of pyridine rings is 1. The number of aromatic nitrogens is 2. The van der Waals surface area contributed by atoms with Gasteiger partial charge in [-0.25, -0.2) is 23.5 Å². The molecule has 0 amide bonds. The second kappa shape index (κ2) is 11.1. The highest BCUT2D eigenvalue weighted by atomic mass is 32.2. The number of rotatable bonds is 9. The molecule has 0 bridgehead atoms. The first-order valence-corrected chi connectivity index (χ1v) is 14.0. The number of hydrogen-bond acceptors (Lipinski definition) is 8. The monoisotopic (exact) mass is 535 g/mol. The largest absolute Gasteiger partial charge is 0.440 e. The van der Waals surface area contributed by atoms with Gasteiger partial charge in [-0.2, -0.15) is 0 Å². The number of aliphatic hydroxyl groups is 1. The van der Waals surface area contributed by atoms with Gasteiger partial charge in [0.2, 0.25) is 15.8 Å². The maximum atomic E-state index is 11.6. The molecule has 9 nitrogen and oxygen atoms in total. The molecule has 0 aliphatic carbocycles. The van der Waals surface area contributed by atoms with E-state index >= 15 is 0 Å². The van der Waals surface area contributed by atoms with Gasteiger partial charge in [-0.3, -0.25) is 0 Å². The van der Waals surface area contributed by atoms with Gasteiger partial charge in [0.1, 0.15) is 5.69 Å². The average Bonchev–Trinajstić information content (AvgIpc) is 3.36. The van der Waals surface area contributed by atoms with Crippen LogP contribution in [0.15, 0.2) is 82.1 Å². The minimum atomic E-state index is -3.80. The number of nitrogens with zero attached hydrogens (tertiary/aromatic N) is 2. The summed E-state index contributed by atoms with van der Waals surface area (Å²) in [6.07, 6.45) is 2.76. The van der Waals surface area contributed by atoms with E-state index in [1.165, 1.54) is 12.1 Å². The van der Waals surface area contributed by atoms with Crippen LogP contribution in [0.3, 0.4) is 0 Å². The Labute approximate surface area is 221 Å². The Morgan fingerprint density at radius 1 is 0.947 bits per heavy atom. The first-order chi connectivity index (χ1) is 18.3. The highest BCUT2D eigenvalue weighted by Gasteiger charge is 2.34. The van der Waals surface area contributed by atoms with Gasteiger partial charge in [0.25, 0.3) is 0 Å². The van der Waals surface area contributed by atoms with Gasteiger partial charge in [-0.1, -0.05) is 36.4 Å². The maximum absolute atomic E-state index is 11.6. The minimum absolute atomic E-state index is 0.0236. The first kappa shape index (κ1) is 26.2. The van der Waals surface area contributed by atoms with Crippen LogP contribution in [0.2, 0.25) is 0 Å². The van der Waals surface area contributed by atoms with E-state index in [0.717, 1.165) is 18.4 Å². The van der Waals surface area contributed by atoms with E-state index in [9.17, 15) is 13.5 Å². The Morgan fingerprint density at radius 3 is 2.45 bits per heavy atom. The van der Waals surface area contributed by atoms with Crippen LogP contribution < -0.4 is 5.14 Å². The third-order valence-corrected chi connectivity index (χ3v) is 7.26. The molecule has 0 spiro atoms. The van der Waals surface area contributed by atoms with Crippen molar-refractivity contribution in [3.05, 3.63) is 90.1 Å². The number of benzene rings is 2. The third-order valence-electron chi connectivity index (χ3n) is 6.33. The molecule has 198 valence electrons. The summed E-state index contributed by atoms with van der Waals surface area (Å²) in [6.45, 7) is 1.11. The second-order valence-corrected chi connectivity index (χ2v) is 10.7. The van der Waals surface area contributed by atoms with Crippen LogP contribution in [0.1, 0.15) is 36.5 Å². The summed E-state index contributed by atoms with van der Waals surface area (Å²) in [5.74, 6) is -0.327. The fourth-order valence-corrected chi connectivity index (χ4v) is 4.87. The van der Waals surface area contributed by atoms with Crippen LogP contribution in [0.4, 0.5) is 0 Å². The molecule has 2 aromatic carbocycles. The lowest BCUT2D eigenvalue weighted by Crippen LogP contribution is -2.34.